The Balaban J connectivity index is 1.71. The lowest BCUT2D eigenvalue weighted by molar-refractivity contribution is -0.139. The quantitative estimate of drug-likeness (QED) is 0.428. The second kappa shape index (κ2) is 6.62. The van der Waals surface area contributed by atoms with Gasteiger partial charge in [0.1, 0.15) is 0 Å². The number of nitrogens with zero attached hydrogens (tertiary/aromatic N) is 2. The van der Waals surface area contributed by atoms with Gasteiger partial charge in [-0.15, -0.1) is 11.3 Å². The Kier molecular flexibility index (Phi) is 4.38. The van der Waals surface area contributed by atoms with Gasteiger partial charge in [0.2, 0.25) is 5.13 Å². The largest absolute Gasteiger partial charge is 0.469 e. The standard InChI is InChI=1S/C16H16N4O2S/c1-10-13(12-5-3-4-6-14(12)18-10)8-17-20-16-19-11(9-23-16)7-15(21)22-2/h3-6,8-9,18H,7H2,1-2H3,(H,19,20)/b17-8-. The summed E-state index contributed by atoms with van der Waals surface area (Å²) in [6.45, 7) is 2.01. The van der Waals surface area contributed by atoms with Crippen LogP contribution >= 0.6 is 11.3 Å². The third-order valence-corrected chi connectivity index (χ3v) is 4.20. The molecule has 0 saturated carbocycles. The molecular formula is C16H16N4O2S. The number of carbonyl (C=O) groups excluding carboxylic acids is 1. The second-order valence-corrected chi connectivity index (χ2v) is 5.83. The van der Waals surface area contributed by atoms with Gasteiger partial charge in [0.15, 0.2) is 0 Å². The van der Waals surface area contributed by atoms with Crippen LogP contribution in [-0.2, 0) is 16.0 Å². The maximum atomic E-state index is 11.2. The van der Waals surface area contributed by atoms with Gasteiger partial charge < -0.3 is 9.72 Å². The molecule has 1 aromatic carbocycles. The van der Waals surface area contributed by atoms with Crippen LogP contribution in [0.4, 0.5) is 5.13 Å². The Hall–Kier alpha value is -2.67. The molecule has 0 spiro atoms. The molecule has 7 heteroatoms. The number of nitrogens with one attached hydrogen (secondary N) is 2. The first-order chi connectivity index (χ1) is 11.2. The van der Waals surface area contributed by atoms with Gasteiger partial charge in [-0.1, -0.05) is 18.2 Å². The molecule has 0 fully saturated rings. The van der Waals surface area contributed by atoms with Crippen LogP contribution in [0.2, 0.25) is 0 Å². The number of benzene rings is 1. The number of ether oxygens (including phenoxy) is 1. The zero-order chi connectivity index (χ0) is 16.2. The zero-order valence-corrected chi connectivity index (χ0v) is 13.6. The molecule has 3 rings (SSSR count). The Bertz CT molecular complexity index is 866. The minimum Gasteiger partial charge on any atom is -0.469 e. The van der Waals surface area contributed by atoms with E-state index >= 15 is 0 Å². The number of fused-ring (bicyclic) bond motifs is 1. The van der Waals surface area contributed by atoms with Crippen molar-refractivity contribution in [3.63, 3.8) is 0 Å². The molecule has 0 radical (unpaired) electrons. The summed E-state index contributed by atoms with van der Waals surface area (Å²) >= 11 is 1.40. The third-order valence-electron chi connectivity index (χ3n) is 3.40. The number of hydrogen-bond donors (Lipinski definition) is 2. The molecule has 0 unspecified atom stereocenters. The monoisotopic (exact) mass is 328 g/mol. The van der Waals surface area contributed by atoms with Crippen LogP contribution in [0, 0.1) is 6.92 Å². The van der Waals surface area contributed by atoms with Crippen molar-refractivity contribution in [2.75, 3.05) is 12.5 Å². The highest BCUT2D eigenvalue weighted by atomic mass is 32.1. The maximum Gasteiger partial charge on any atom is 0.311 e. The van der Waals surface area contributed by atoms with E-state index in [1.807, 2.05) is 30.5 Å². The SMILES string of the molecule is COC(=O)Cc1csc(N/N=C\c2c(C)[nH]c3ccccc23)n1. The molecule has 6 nitrogen and oxygen atoms in total. The fourth-order valence-electron chi connectivity index (χ4n) is 2.28. The topological polar surface area (TPSA) is 79.4 Å². The zero-order valence-electron chi connectivity index (χ0n) is 12.8. The minimum absolute atomic E-state index is 0.167. The molecule has 2 aromatic heterocycles. The summed E-state index contributed by atoms with van der Waals surface area (Å²) < 4.78 is 4.62. The summed E-state index contributed by atoms with van der Waals surface area (Å²) in [5, 5.41) is 7.82. The van der Waals surface area contributed by atoms with E-state index in [2.05, 4.69) is 31.3 Å². The van der Waals surface area contributed by atoms with Crippen molar-refractivity contribution in [1.82, 2.24) is 9.97 Å². The lowest BCUT2D eigenvalue weighted by atomic mass is 10.1. The lowest BCUT2D eigenvalue weighted by Crippen LogP contribution is -2.04. The predicted molar refractivity (Wildman–Crippen MR) is 92.1 cm³/mol. The average molecular weight is 328 g/mol. The first kappa shape index (κ1) is 15.2. The molecule has 2 heterocycles. The Morgan fingerprint density at radius 1 is 1.48 bits per heavy atom. The Morgan fingerprint density at radius 3 is 3.13 bits per heavy atom. The lowest BCUT2D eigenvalue weighted by Gasteiger charge is -1.96. The number of aromatic nitrogens is 2. The van der Waals surface area contributed by atoms with E-state index in [1.54, 1.807) is 6.21 Å². The predicted octanol–water partition coefficient (Wildman–Crippen LogP) is 3.09. The van der Waals surface area contributed by atoms with Crippen LogP contribution in [0.25, 0.3) is 10.9 Å². The second-order valence-electron chi connectivity index (χ2n) is 4.98. The number of carbonyl (C=O) groups is 1. The van der Waals surface area contributed by atoms with Crippen LogP contribution in [0.15, 0.2) is 34.7 Å². The number of para-hydroxylation sites is 1. The van der Waals surface area contributed by atoms with Crippen molar-refractivity contribution in [3.05, 3.63) is 46.6 Å². The highest BCUT2D eigenvalue weighted by Gasteiger charge is 2.08. The molecule has 0 aliphatic carbocycles. The average Bonchev–Trinajstić information content (AvgIpc) is 3.12. The van der Waals surface area contributed by atoms with E-state index < -0.39 is 0 Å². The number of hydrazone groups is 1. The van der Waals surface area contributed by atoms with Gasteiger partial charge in [0, 0.05) is 27.5 Å². The van der Waals surface area contributed by atoms with Gasteiger partial charge in [-0.25, -0.2) is 4.98 Å². The molecule has 2 N–H and O–H groups in total. The van der Waals surface area contributed by atoms with Crippen LogP contribution in [-0.4, -0.2) is 29.3 Å². The van der Waals surface area contributed by atoms with Crippen molar-refractivity contribution in [2.24, 2.45) is 5.10 Å². The van der Waals surface area contributed by atoms with Gasteiger partial charge in [-0.05, 0) is 13.0 Å². The summed E-state index contributed by atoms with van der Waals surface area (Å²) in [6.07, 6.45) is 1.94. The summed E-state index contributed by atoms with van der Waals surface area (Å²) in [5.74, 6) is -0.306. The third kappa shape index (κ3) is 3.40. The number of anilines is 1. The summed E-state index contributed by atoms with van der Waals surface area (Å²) in [7, 11) is 1.36. The fourth-order valence-corrected chi connectivity index (χ4v) is 2.94. The van der Waals surface area contributed by atoms with E-state index in [0.717, 1.165) is 22.2 Å². The molecule has 3 aromatic rings. The number of aromatic amines is 1. The molecule has 0 atom stereocenters. The minimum atomic E-state index is -0.306. The number of thiazole rings is 1. The summed E-state index contributed by atoms with van der Waals surface area (Å²) in [6, 6.07) is 8.08. The summed E-state index contributed by atoms with van der Waals surface area (Å²) in [4.78, 5) is 18.8. The molecule has 23 heavy (non-hydrogen) atoms. The highest BCUT2D eigenvalue weighted by molar-refractivity contribution is 7.13. The number of hydrogen-bond acceptors (Lipinski definition) is 6. The van der Waals surface area contributed by atoms with Gasteiger partial charge in [-0.2, -0.15) is 5.10 Å². The van der Waals surface area contributed by atoms with Crippen LogP contribution in [0.1, 0.15) is 17.0 Å². The van der Waals surface area contributed by atoms with Gasteiger partial charge in [0.25, 0.3) is 0 Å². The van der Waals surface area contributed by atoms with Crippen molar-refractivity contribution in [1.29, 1.82) is 0 Å². The Morgan fingerprint density at radius 2 is 2.30 bits per heavy atom. The number of methoxy groups -OCH3 is 1. The van der Waals surface area contributed by atoms with Crippen LogP contribution in [0.3, 0.4) is 0 Å². The molecule has 0 amide bonds. The van der Waals surface area contributed by atoms with Gasteiger partial charge in [-0.3, -0.25) is 10.2 Å². The highest BCUT2D eigenvalue weighted by Crippen LogP contribution is 2.20. The molecule has 0 saturated heterocycles. The normalized spacial score (nSPS) is 11.2. The number of esters is 1. The van der Waals surface area contributed by atoms with E-state index in [4.69, 9.17) is 0 Å². The van der Waals surface area contributed by atoms with Crippen LogP contribution < -0.4 is 5.43 Å². The Labute approximate surface area is 137 Å². The fraction of sp³-hybridized carbons (Fsp3) is 0.188. The maximum absolute atomic E-state index is 11.2. The van der Waals surface area contributed by atoms with E-state index in [1.165, 1.54) is 18.4 Å². The molecular weight excluding hydrogens is 312 g/mol. The smallest absolute Gasteiger partial charge is 0.311 e. The number of H-pyrrole nitrogens is 1. The number of aryl methyl sites for hydroxylation is 1. The van der Waals surface area contributed by atoms with Crippen molar-refractivity contribution in [2.45, 2.75) is 13.3 Å². The van der Waals surface area contributed by atoms with Crippen molar-refractivity contribution >= 4 is 39.6 Å². The van der Waals surface area contributed by atoms with E-state index in [-0.39, 0.29) is 12.4 Å². The first-order valence-corrected chi connectivity index (χ1v) is 7.93. The molecule has 118 valence electrons. The number of rotatable bonds is 5. The molecule has 0 aliphatic heterocycles. The van der Waals surface area contributed by atoms with Crippen LogP contribution in [0.5, 0.6) is 0 Å². The van der Waals surface area contributed by atoms with E-state index in [0.29, 0.717) is 10.8 Å². The summed E-state index contributed by atoms with van der Waals surface area (Å²) in [5.41, 5.74) is 6.75. The first-order valence-electron chi connectivity index (χ1n) is 7.05. The van der Waals surface area contributed by atoms with Gasteiger partial charge >= 0.3 is 5.97 Å². The van der Waals surface area contributed by atoms with Crippen molar-refractivity contribution in [3.8, 4) is 0 Å². The van der Waals surface area contributed by atoms with Crippen molar-refractivity contribution < 1.29 is 9.53 Å². The molecule has 0 bridgehead atoms. The van der Waals surface area contributed by atoms with Gasteiger partial charge in [0.05, 0.1) is 25.4 Å². The van der Waals surface area contributed by atoms with E-state index in [9.17, 15) is 4.79 Å². The molecule has 0 aliphatic rings.